The molecule has 150 valence electrons. The zero-order chi connectivity index (χ0) is 20.4. The molecule has 3 aromatic rings. The van der Waals surface area contributed by atoms with E-state index in [9.17, 15) is 9.18 Å². The number of nitrogens with one attached hydrogen (secondary N) is 1. The van der Waals surface area contributed by atoms with Gasteiger partial charge in [-0.15, -0.1) is 0 Å². The van der Waals surface area contributed by atoms with E-state index in [2.05, 4.69) is 15.4 Å². The summed E-state index contributed by atoms with van der Waals surface area (Å²) < 4.78 is 21.2. The number of pyridine rings is 1. The molecule has 0 saturated carbocycles. The molecule has 1 aromatic carbocycles. The summed E-state index contributed by atoms with van der Waals surface area (Å²) in [5.74, 6) is -0.838. The SMILES string of the molecule is Cc1ncc(F)cc1NC(=O)/C=C/c1ccc2c(C)nn(C3CCCCO3)c2c1. The van der Waals surface area contributed by atoms with Crippen LogP contribution >= 0.6 is 0 Å². The lowest BCUT2D eigenvalue weighted by Gasteiger charge is -2.23. The second-order valence-electron chi connectivity index (χ2n) is 7.24. The van der Waals surface area contributed by atoms with Crippen molar-refractivity contribution < 1.29 is 13.9 Å². The topological polar surface area (TPSA) is 69.0 Å². The Bertz CT molecular complexity index is 1080. The molecule has 0 radical (unpaired) electrons. The lowest BCUT2D eigenvalue weighted by Crippen LogP contribution is -2.19. The third-order valence-corrected chi connectivity index (χ3v) is 5.08. The van der Waals surface area contributed by atoms with Gasteiger partial charge in [0.05, 0.1) is 28.8 Å². The second-order valence-corrected chi connectivity index (χ2v) is 7.24. The quantitative estimate of drug-likeness (QED) is 0.660. The summed E-state index contributed by atoms with van der Waals surface area (Å²) in [6.45, 7) is 4.45. The van der Waals surface area contributed by atoms with E-state index in [4.69, 9.17) is 4.74 Å². The van der Waals surface area contributed by atoms with Crippen molar-refractivity contribution in [3.8, 4) is 0 Å². The molecule has 1 fully saturated rings. The minimum absolute atomic E-state index is 0.0501. The van der Waals surface area contributed by atoms with Crippen LogP contribution in [-0.2, 0) is 9.53 Å². The number of ether oxygens (including phenoxy) is 1. The van der Waals surface area contributed by atoms with Gasteiger partial charge in [0.2, 0.25) is 5.91 Å². The molecule has 4 rings (SSSR count). The number of hydrogen-bond donors (Lipinski definition) is 1. The lowest BCUT2D eigenvalue weighted by molar-refractivity contribution is -0.111. The standard InChI is InChI=1S/C22H23FN4O2/c1-14-18-8-6-16(11-20(18)27(26-14)22-5-3-4-10-29-22)7-9-21(28)25-19-12-17(23)13-24-15(19)2/h6-9,11-13,22H,3-5,10H2,1-2H3,(H,25,28)/b9-7+. The summed E-state index contributed by atoms with van der Waals surface area (Å²) >= 11 is 0. The molecule has 1 atom stereocenters. The molecule has 29 heavy (non-hydrogen) atoms. The third kappa shape index (κ3) is 4.19. The third-order valence-electron chi connectivity index (χ3n) is 5.08. The summed E-state index contributed by atoms with van der Waals surface area (Å²) in [6.07, 6.45) is 7.38. The molecule has 0 bridgehead atoms. The van der Waals surface area contributed by atoms with E-state index >= 15 is 0 Å². The first kappa shape index (κ1) is 19.3. The van der Waals surface area contributed by atoms with Crippen molar-refractivity contribution >= 4 is 28.6 Å². The fourth-order valence-corrected chi connectivity index (χ4v) is 3.53. The number of halogens is 1. The van der Waals surface area contributed by atoms with Gasteiger partial charge in [0.15, 0.2) is 6.23 Å². The van der Waals surface area contributed by atoms with E-state index in [1.54, 1.807) is 13.0 Å². The van der Waals surface area contributed by atoms with E-state index < -0.39 is 5.82 Å². The van der Waals surface area contributed by atoms with Crippen molar-refractivity contribution in [3.63, 3.8) is 0 Å². The van der Waals surface area contributed by atoms with Gasteiger partial charge in [-0.25, -0.2) is 9.07 Å². The Morgan fingerprint density at radius 2 is 2.14 bits per heavy atom. The van der Waals surface area contributed by atoms with Gasteiger partial charge in [-0.05, 0) is 50.8 Å². The van der Waals surface area contributed by atoms with Gasteiger partial charge >= 0.3 is 0 Å². The summed E-state index contributed by atoms with van der Waals surface area (Å²) in [5.41, 5.74) is 3.73. The molecule has 1 aliphatic rings. The highest BCUT2D eigenvalue weighted by Crippen LogP contribution is 2.28. The number of aryl methyl sites for hydroxylation is 2. The van der Waals surface area contributed by atoms with Gasteiger partial charge in [0.1, 0.15) is 5.82 Å². The van der Waals surface area contributed by atoms with Crippen LogP contribution in [0.25, 0.3) is 17.0 Å². The van der Waals surface area contributed by atoms with Crippen molar-refractivity contribution in [2.75, 3.05) is 11.9 Å². The van der Waals surface area contributed by atoms with E-state index in [0.717, 1.165) is 54.2 Å². The Hall–Kier alpha value is -3.06. The number of fused-ring (bicyclic) bond motifs is 1. The van der Waals surface area contributed by atoms with Crippen LogP contribution in [0.15, 0.2) is 36.5 Å². The number of benzene rings is 1. The Balaban J connectivity index is 1.56. The number of nitrogens with zero attached hydrogens (tertiary/aromatic N) is 3. The molecule has 1 amide bonds. The maximum absolute atomic E-state index is 13.3. The first-order valence-electron chi connectivity index (χ1n) is 9.73. The van der Waals surface area contributed by atoms with Gasteiger partial charge in [-0.1, -0.05) is 12.1 Å². The molecule has 1 saturated heterocycles. The molecule has 1 aliphatic heterocycles. The Morgan fingerprint density at radius 3 is 2.93 bits per heavy atom. The molecule has 2 aromatic heterocycles. The molecule has 0 spiro atoms. The minimum Gasteiger partial charge on any atom is -0.356 e. The van der Waals surface area contributed by atoms with Crippen molar-refractivity contribution in [3.05, 3.63) is 59.3 Å². The minimum atomic E-state index is -0.492. The van der Waals surface area contributed by atoms with E-state index in [1.165, 1.54) is 12.1 Å². The van der Waals surface area contributed by atoms with Gasteiger partial charge in [-0.3, -0.25) is 9.78 Å². The van der Waals surface area contributed by atoms with E-state index in [-0.39, 0.29) is 12.1 Å². The maximum atomic E-state index is 13.3. The number of carbonyl (C=O) groups is 1. The molecule has 0 aliphatic carbocycles. The number of amides is 1. The Morgan fingerprint density at radius 1 is 1.28 bits per heavy atom. The van der Waals surface area contributed by atoms with Crippen molar-refractivity contribution in [2.45, 2.75) is 39.3 Å². The predicted molar refractivity (Wildman–Crippen MR) is 110 cm³/mol. The first-order valence-corrected chi connectivity index (χ1v) is 9.73. The van der Waals surface area contributed by atoms with Gasteiger partial charge in [0, 0.05) is 24.1 Å². The molecule has 6 nitrogen and oxygen atoms in total. The van der Waals surface area contributed by atoms with Crippen molar-refractivity contribution in [2.24, 2.45) is 0 Å². The number of hydrogen-bond acceptors (Lipinski definition) is 4. The fourth-order valence-electron chi connectivity index (χ4n) is 3.53. The maximum Gasteiger partial charge on any atom is 0.248 e. The van der Waals surface area contributed by atoms with Crippen LogP contribution in [0.4, 0.5) is 10.1 Å². The van der Waals surface area contributed by atoms with Gasteiger partial charge in [-0.2, -0.15) is 5.10 Å². The highest BCUT2D eigenvalue weighted by molar-refractivity contribution is 6.02. The highest BCUT2D eigenvalue weighted by atomic mass is 19.1. The Labute approximate surface area is 168 Å². The molecule has 1 N–H and O–H groups in total. The fraction of sp³-hybridized carbons (Fsp3) is 0.318. The zero-order valence-electron chi connectivity index (χ0n) is 16.5. The average molecular weight is 394 g/mol. The highest BCUT2D eigenvalue weighted by Gasteiger charge is 2.20. The van der Waals surface area contributed by atoms with Crippen LogP contribution in [-0.4, -0.2) is 27.3 Å². The number of anilines is 1. The molecular weight excluding hydrogens is 371 g/mol. The van der Waals surface area contributed by atoms with E-state index in [1.807, 2.05) is 29.8 Å². The smallest absolute Gasteiger partial charge is 0.248 e. The van der Waals surface area contributed by atoms with Gasteiger partial charge < -0.3 is 10.1 Å². The van der Waals surface area contributed by atoms with Crippen LogP contribution in [0.2, 0.25) is 0 Å². The molecule has 3 heterocycles. The van der Waals surface area contributed by atoms with Gasteiger partial charge in [0.25, 0.3) is 0 Å². The van der Waals surface area contributed by atoms with Crippen LogP contribution in [0.1, 0.15) is 42.4 Å². The normalized spacial score (nSPS) is 17.1. The summed E-state index contributed by atoms with van der Waals surface area (Å²) in [6, 6.07) is 7.22. The Kier molecular flexibility index (Phi) is 5.40. The first-order chi connectivity index (χ1) is 14.0. The largest absolute Gasteiger partial charge is 0.356 e. The molecular formula is C22H23FN4O2. The zero-order valence-corrected chi connectivity index (χ0v) is 16.5. The van der Waals surface area contributed by atoms with Crippen LogP contribution in [0.3, 0.4) is 0 Å². The van der Waals surface area contributed by atoms with Crippen molar-refractivity contribution in [1.82, 2.24) is 14.8 Å². The molecule has 7 heteroatoms. The lowest BCUT2D eigenvalue weighted by atomic mass is 10.1. The summed E-state index contributed by atoms with van der Waals surface area (Å²) in [5, 5.41) is 8.40. The second kappa shape index (κ2) is 8.13. The van der Waals surface area contributed by atoms with Crippen molar-refractivity contribution in [1.29, 1.82) is 0 Å². The monoisotopic (exact) mass is 394 g/mol. The summed E-state index contributed by atoms with van der Waals surface area (Å²) in [4.78, 5) is 16.2. The molecule has 1 unspecified atom stereocenters. The summed E-state index contributed by atoms with van der Waals surface area (Å²) in [7, 11) is 0. The van der Waals surface area contributed by atoms with Crippen LogP contribution in [0, 0.1) is 19.7 Å². The van der Waals surface area contributed by atoms with Crippen LogP contribution < -0.4 is 5.32 Å². The number of aromatic nitrogens is 3. The van der Waals surface area contributed by atoms with E-state index in [0.29, 0.717) is 11.4 Å². The van der Waals surface area contributed by atoms with Crippen LogP contribution in [0.5, 0.6) is 0 Å². The number of carbonyl (C=O) groups excluding carboxylic acids is 1. The average Bonchev–Trinajstić information content (AvgIpc) is 3.06. The number of rotatable bonds is 4. The predicted octanol–water partition coefficient (Wildman–Crippen LogP) is 4.54.